The van der Waals surface area contributed by atoms with E-state index < -0.39 is 6.10 Å². The van der Waals surface area contributed by atoms with E-state index in [9.17, 15) is 9.90 Å². The topological polar surface area (TPSA) is 83.3 Å². The quantitative estimate of drug-likeness (QED) is 0.894. The molecule has 0 aromatic carbocycles. The van der Waals surface area contributed by atoms with E-state index in [-0.39, 0.29) is 6.03 Å². The molecule has 0 radical (unpaired) electrons. The average molecular weight is 291 g/mol. The van der Waals surface area contributed by atoms with Gasteiger partial charge in [-0.1, -0.05) is 0 Å². The van der Waals surface area contributed by atoms with Crippen molar-refractivity contribution in [2.45, 2.75) is 26.4 Å². The predicted octanol–water partition coefficient (Wildman–Crippen LogP) is 1.51. The second-order valence-corrected chi connectivity index (χ2v) is 5.29. The minimum atomic E-state index is -0.420. The van der Waals surface area contributed by atoms with Gasteiger partial charge >= 0.3 is 6.03 Å². The van der Waals surface area contributed by atoms with Crippen molar-refractivity contribution in [2.24, 2.45) is 7.05 Å². The number of carbonyl (C=O) groups is 1. The first-order chi connectivity index (χ1) is 9.88. The van der Waals surface area contributed by atoms with Crippen LogP contribution in [0.25, 0.3) is 11.0 Å². The second kappa shape index (κ2) is 6.09. The Balaban J connectivity index is 2.09. The van der Waals surface area contributed by atoms with Crippen LogP contribution in [-0.4, -0.2) is 50.5 Å². The molecule has 2 rings (SSSR count). The number of amides is 2. The van der Waals surface area contributed by atoms with E-state index in [1.165, 1.54) is 4.90 Å². The Morgan fingerprint density at radius 3 is 2.95 bits per heavy atom. The first-order valence-corrected chi connectivity index (χ1v) is 6.88. The molecule has 0 fully saturated rings. The molecule has 0 aliphatic rings. The molecule has 7 heteroatoms. The Kier molecular flexibility index (Phi) is 4.42. The van der Waals surface area contributed by atoms with Crippen LogP contribution >= 0.6 is 0 Å². The molecule has 0 spiro atoms. The third-order valence-corrected chi connectivity index (χ3v) is 3.34. The third-order valence-electron chi connectivity index (χ3n) is 3.34. The molecule has 0 bridgehead atoms. The van der Waals surface area contributed by atoms with Crippen molar-refractivity contribution in [3.05, 3.63) is 18.0 Å². The van der Waals surface area contributed by atoms with E-state index in [0.717, 1.165) is 16.7 Å². The molecule has 7 nitrogen and oxygen atoms in total. The van der Waals surface area contributed by atoms with E-state index >= 15 is 0 Å². The molecule has 2 N–H and O–H groups in total. The normalized spacial score (nSPS) is 12.4. The summed E-state index contributed by atoms with van der Waals surface area (Å²) >= 11 is 0. The van der Waals surface area contributed by atoms with Gasteiger partial charge in [-0.05, 0) is 26.3 Å². The van der Waals surface area contributed by atoms with Crippen LogP contribution in [0.15, 0.2) is 12.3 Å². The number of rotatable bonds is 4. The summed E-state index contributed by atoms with van der Waals surface area (Å²) in [6.07, 6.45) is 1.74. The number of aliphatic hydroxyl groups is 1. The van der Waals surface area contributed by atoms with Crippen LogP contribution in [0.3, 0.4) is 0 Å². The minimum Gasteiger partial charge on any atom is -0.393 e. The summed E-state index contributed by atoms with van der Waals surface area (Å²) in [4.78, 5) is 17.9. The molecular formula is C14H21N5O2. The van der Waals surface area contributed by atoms with Crippen molar-refractivity contribution < 1.29 is 9.90 Å². The van der Waals surface area contributed by atoms with Gasteiger partial charge in [0.15, 0.2) is 5.65 Å². The van der Waals surface area contributed by atoms with Crippen LogP contribution in [0.4, 0.5) is 10.5 Å². The SMILES string of the molecule is Cc1nn(C)c2ncc(NC(=O)N(C)CCC(C)O)cc12. The predicted molar refractivity (Wildman–Crippen MR) is 81.2 cm³/mol. The summed E-state index contributed by atoms with van der Waals surface area (Å²) in [7, 11) is 3.53. The molecular weight excluding hydrogens is 270 g/mol. The van der Waals surface area contributed by atoms with Crippen LogP contribution in [0.2, 0.25) is 0 Å². The largest absolute Gasteiger partial charge is 0.393 e. The van der Waals surface area contributed by atoms with Gasteiger partial charge in [-0.15, -0.1) is 0 Å². The lowest BCUT2D eigenvalue weighted by Gasteiger charge is -2.18. The highest BCUT2D eigenvalue weighted by atomic mass is 16.3. The molecule has 1 unspecified atom stereocenters. The highest BCUT2D eigenvalue weighted by Crippen LogP contribution is 2.19. The summed E-state index contributed by atoms with van der Waals surface area (Å²) in [5.74, 6) is 0. The standard InChI is InChI=1S/C14H21N5O2/c1-9(20)5-6-18(3)14(21)16-11-7-12-10(2)17-19(4)13(12)15-8-11/h7-9,20H,5-6H2,1-4H3,(H,16,21). The van der Waals surface area contributed by atoms with Crippen molar-refractivity contribution >= 4 is 22.8 Å². The van der Waals surface area contributed by atoms with E-state index in [1.54, 1.807) is 24.9 Å². The molecule has 2 aromatic rings. The van der Waals surface area contributed by atoms with Gasteiger partial charge in [-0.2, -0.15) is 5.10 Å². The van der Waals surface area contributed by atoms with E-state index in [4.69, 9.17) is 0 Å². The molecule has 0 aliphatic carbocycles. The number of nitrogens with zero attached hydrogens (tertiary/aromatic N) is 4. The number of aliphatic hydroxyl groups excluding tert-OH is 1. The Morgan fingerprint density at radius 2 is 2.29 bits per heavy atom. The van der Waals surface area contributed by atoms with Crippen molar-refractivity contribution in [1.82, 2.24) is 19.7 Å². The van der Waals surface area contributed by atoms with Crippen LogP contribution in [0, 0.1) is 6.92 Å². The smallest absolute Gasteiger partial charge is 0.321 e. The monoisotopic (exact) mass is 291 g/mol. The average Bonchev–Trinajstić information content (AvgIpc) is 2.71. The fraction of sp³-hybridized carbons (Fsp3) is 0.500. The van der Waals surface area contributed by atoms with Crippen LogP contribution in [0.5, 0.6) is 0 Å². The highest BCUT2D eigenvalue weighted by molar-refractivity contribution is 5.91. The van der Waals surface area contributed by atoms with Crippen LogP contribution in [-0.2, 0) is 7.05 Å². The summed E-state index contributed by atoms with van der Waals surface area (Å²) < 4.78 is 1.71. The summed E-state index contributed by atoms with van der Waals surface area (Å²) in [5, 5.41) is 17.3. The van der Waals surface area contributed by atoms with Gasteiger partial charge in [0.05, 0.1) is 23.7 Å². The first-order valence-electron chi connectivity index (χ1n) is 6.88. The number of fused-ring (bicyclic) bond motifs is 1. The maximum atomic E-state index is 12.0. The molecule has 114 valence electrons. The summed E-state index contributed by atoms with van der Waals surface area (Å²) in [6.45, 7) is 4.10. The second-order valence-electron chi connectivity index (χ2n) is 5.29. The molecule has 1 atom stereocenters. The number of aromatic nitrogens is 3. The molecule has 0 saturated carbocycles. The molecule has 2 amide bonds. The van der Waals surface area contributed by atoms with Gasteiger partial charge in [-0.25, -0.2) is 9.78 Å². The number of urea groups is 1. The number of nitrogens with one attached hydrogen (secondary N) is 1. The highest BCUT2D eigenvalue weighted by Gasteiger charge is 2.12. The van der Waals surface area contributed by atoms with Crippen molar-refractivity contribution in [2.75, 3.05) is 18.9 Å². The van der Waals surface area contributed by atoms with Gasteiger partial charge in [0.25, 0.3) is 0 Å². The number of pyridine rings is 1. The van der Waals surface area contributed by atoms with Crippen LogP contribution in [0.1, 0.15) is 19.0 Å². The van der Waals surface area contributed by atoms with Gasteiger partial charge in [-0.3, -0.25) is 4.68 Å². The zero-order chi connectivity index (χ0) is 15.6. The third kappa shape index (κ3) is 3.49. The van der Waals surface area contributed by atoms with Gasteiger partial charge in [0.1, 0.15) is 0 Å². The van der Waals surface area contributed by atoms with Crippen LogP contribution < -0.4 is 5.32 Å². The van der Waals surface area contributed by atoms with Crippen molar-refractivity contribution in [1.29, 1.82) is 0 Å². The number of hydrogen-bond donors (Lipinski definition) is 2. The van der Waals surface area contributed by atoms with Gasteiger partial charge in [0.2, 0.25) is 0 Å². The summed E-state index contributed by atoms with van der Waals surface area (Å²) in [6, 6.07) is 1.64. The maximum Gasteiger partial charge on any atom is 0.321 e. The Morgan fingerprint density at radius 1 is 1.57 bits per heavy atom. The number of hydrogen-bond acceptors (Lipinski definition) is 4. The maximum absolute atomic E-state index is 12.0. The molecule has 21 heavy (non-hydrogen) atoms. The molecule has 2 aromatic heterocycles. The molecule has 2 heterocycles. The fourth-order valence-electron chi connectivity index (χ4n) is 2.08. The van der Waals surface area contributed by atoms with Crippen molar-refractivity contribution in [3.63, 3.8) is 0 Å². The Hall–Kier alpha value is -2.15. The van der Waals surface area contributed by atoms with E-state index in [0.29, 0.717) is 18.7 Å². The van der Waals surface area contributed by atoms with Gasteiger partial charge in [0, 0.05) is 26.0 Å². The number of carbonyl (C=O) groups excluding carboxylic acids is 1. The first kappa shape index (κ1) is 15.2. The number of aryl methyl sites for hydroxylation is 2. The van der Waals surface area contributed by atoms with E-state index in [2.05, 4.69) is 15.4 Å². The molecule has 0 aliphatic heterocycles. The number of anilines is 1. The Labute approximate surface area is 123 Å². The fourth-order valence-corrected chi connectivity index (χ4v) is 2.08. The lowest BCUT2D eigenvalue weighted by atomic mass is 10.2. The lowest BCUT2D eigenvalue weighted by Crippen LogP contribution is -2.33. The van der Waals surface area contributed by atoms with Gasteiger partial charge < -0.3 is 15.3 Å². The zero-order valence-corrected chi connectivity index (χ0v) is 12.8. The zero-order valence-electron chi connectivity index (χ0n) is 12.8. The Bertz CT molecular complexity index is 650. The minimum absolute atomic E-state index is 0.224. The molecule has 0 saturated heterocycles. The lowest BCUT2D eigenvalue weighted by molar-refractivity contribution is 0.167. The summed E-state index contributed by atoms with van der Waals surface area (Å²) in [5.41, 5.74) is 2.29. The van der Waals surface area contributed by atoms with Crippen molar-refractivity contribution in [3.8, 4) is 0 Å². The van der Waals surface area contributed by atoms with E-state index in [1.807, 2.05) is 20.0 Å².